The van der Waals surface area contributed by atoms with Crippen molar-refractivity contribution < 1.29 is 14.0 Å². The number of carbonyl (C=O) groups excluding carboxylic acids is 2. The Morgan fingerprint density at radius 1 is 1.13 bits per heavy atom. The van der Waals surface area contributed by atoms with Gasteiger partial charge in [-0.1, -0.05) is 31.5 Å². The molecule has 2 amide bonds. The third-order valence-corrected chi connectivity index (χ3v) is 6.24. The van der Waals surface area contributed by atoms with E-state index in [0.717, 1.165) is 32.4 Å². The van der Waals surface area contributed by atoms with E-state index in [1.165, 1.54) is 12.3 Å². The Kier molecular flexibility index (Phi) is 5.84. The monoisotopic (exact) mass is 409 g/mol. The van der Waals surface area contributed by atoms with Crippen LogP contribution >= 0.6 is 0 Å². The lowest BCUT2D eigenvalue weighted by Crippen LogP contribution is -2.45. The highest BCUT2D eigenvalue weighted by atomic mass is 19.1. The molecule has 1 saturated carbocycles. The standard InChI is InChI=1S/C24H28FN3O2/c1-2-17-7-6-14-28(16-17)23(30)19-10-13-21(26-15-19)24(25,20-11-12-20)27-22(29)18-8-4-3-5-9-18/h3-5,8-10,13,15,17,20H,2,6-7,11-12,14,16H2,1H3,(H,27,29). The normalized spacial score (nSPS) is 21.0. The third-order valence-electron chi connectivity index (χ3n) is 6.24. The first kappa shape index (κ1) is 20.5. The first-order valence-electron chi connectivity index (χ1n) is 10.8. The average Bonchev–Trinajstić information content (AvgIpc) is 3.65. The van der Waals surface area contributed by atoms with Gasteiger partial charge in [0.05, 0.1) is 11.3 Å². The van der Waals surface area contributed by atoms with Gasteiger partial charge in [-0.2, -0.15) is 0 Å². The molecule has 2 aliphatic rings. The third kappa shape index (κ3) is 4.23. The number of carbonyl (C=O) groups is 2. The van der Waals surface area contributed by atoms with Crippen LogP contribution in [0.5, 0.6) is 0 Å². The van der Waals surface area contributed by atoms with Gasteiger partial charge in [-0.3, -0.25) is 14.6 Å². The van der Waals surface area contributed by atoms with Gasteiger partial charge in [0, 0.05) is 30.8 Å². The maximum atomic E-state index is 15.9. The zero-order chi connectivity index (χ0) is 21.1. The molecule has 1 aliphatic heterocycles. The molecule has 2 heterocycles. The zero-order valence-corrected chi connectivity index (χ0v) is 17.3. The van der Waals surface area contributed by atoms with Crippen LogP contribution in [0.15, 0.2) is 48.7 Å². The maximum absolute atomic E-state index is 15.9. The Hall–Kier alpha value is -2.76. The number of benzene rings is 1. The Bertz CT molecular complexity index is 898. The zero-order valence-electron chi connectivity index (χ0n) is 17.3. The van der Waals surface area contributed by atoms with Crippen molar-refractivity contribution in [2.24, 2.45) is 11.8 Å². The van der Waals surface area contributed by atoms with Crippen LogP contribution in [-0.2, 0) is 5.79 Å². The van der Waals surface area contributed by atoms with Crippen molar-refractivity contribution in [1.29, 1.82) is 0 Å². The quantitative estimate of drug-likeness (QED) is 0.724. The fourth-order valence-corrected chi connectivity index (χ4v) is 4.18. The van der Waals surface area contributed by atoms with Crippen molar-refractivity contribution in [1.82, 2.24) is 15.2 Å². The fraction of sp³-hybridized carbons (Fsp3) is 0.458. The summed E-state index contributed by atoms with van der Waals surface area (Å²) >= 11 is 0. The minimum Gasteiger partial charge on any atom is -0.338 e. The number of alkyl halides is 1. The second-order valence-corrected chi connectivity index (χ2v) is 8.41. The topological polar surface area (TPSA) is 62.3 Å². The summed E-state index contributed by atoms with van der Waals surface area (Å²) in [7, 11) is 0. The molecule has 30 heavy (non-hydrogen) atoms. The summed E-state index contributed by atoms with van der Waals surface area (Å²) in [5, 5.41) is 2.55. The van der Waals surface area contributed by atoms with Gasteiger partial charge in [0.25, 0.3) is 11.8 Å². The number of hydrogen-bond donors (Lipinski definition) is 1. The Morgan fingerprint density at radius 3 is 2.53 bits per heavy atom. The van der Waals surface area contributed by atoms with Crippen molar-refractivity contribution in [2.45, 2.75) is 44.8 Å². The number of halogens is 1. The van der Waals surface area contributed by atoms with Crippen molar-refractivity contribution in [3.8, 4) is 0 Å². The molecule has 1 aromatic heterocycles. The second-order valence-electron chi connectivity index (χ2n) is 8.41. The van der Waals surface area contributed by atoms with E-state index in [9.17, 15) is 9.59 Å². The molecule has 2 fully saturated rings. The van der Waals surface area contributed by atoms with Crippen LogP contribution in [0.4, 0.5) is 4.39 Å². The summed E-state index contributed by atoms with van der Waals surface area (Å²) in [4.78, 5) is 31.6. The van der Waals surface area contributed by atoms with Crippen LogP contribution in [0.3, 0.4) is 0 Å². The summed E-state index contributed by atoms with van der Waals surface area (Å²) in [6, 6.07) is 11.8. The van der Waals surface area contributed by atoms with Gasteiger partial charge >= 0.3 is 0 Å². The van der Waals surface area contributed by atoms with Crippen molar-refractivity contribution in [3.63, 3.8) is 0 Å². The lowest BCUT2D eigenvalue weighted by molar-refractivity contribution is 0.0562. The number of piperidine rings is 1. The summed E-state index contributed by atoms with van der Waals surface area (Å²) in [6.07, 6.45) is 6.06. The minimum absolute atomic E-state index is 0.0589. The summed E-state index contributed by atoms with van der Waals surface area (Å²) in [5.74, 6) is -2.32. The van der Waals surface area contributed by atoms with Crippen LogP contribution in [-0.4, -0.2) is 34.8 Å². The summed E-state index contributed by atoms with van der Waals surface area (Å²) in [5.41, 5.74) is 1.02. The molecule has 2 unspecified atom stereocenters. The van der Waals surface area contributed by atoms with Gasteiger partial charge in [-0.05, 0) is 55.9 Å². The number of nitrogens with zero attached hydrogens (tertiary/aromatic N) is 2. The van der Waals surface area contributed by atoms with Gasteiger partial charge in [0.15, 0.2) is 0 Å². The smallest absolute Gasteiger partial charge is 0.255 e. The molecule has 2 aromatic rings. The molecule has 1 aliphatic carbocycles. The fourth-order valence-electron chi connectivity index (χ4n) is 4.18. The van der Waals surface area contributed by atoms with Crippen molar-refractivity contribution in [2.75, 3.05) is 13.1 Å². The Labute approximate surface area is 176 Å². The number of rotatable bonds is 6. The van der Waals surface area contributed by atoms with E-state index >= 15 is 4.39 Å². The van der Waals surface area contributed by atoms with E-state index in [0.29, 0.717) is 29.9 Å². The number of aromatic nitrogens is 1. The SMILES string of the molecule is CCC1CCCN(C(=O)c2ccc(C(F)(NC(=O)c3ccccc3)C3CC3)nc2)C1. The molecule has 1 saturated heterocycles. The highest BCUT2D eigenvalue weighted by Gasteiger charge is 2.49. The molecule has 4 rings (SSSR count). The van der Waals surface area contributed by atoms with Gasteiger partial charge in [0.2, 0.25) is 5.79 Å². The van der Waals surface area contributed by atoms with Gasteiger partial charge < -0.3 is 10.2 Å². The second kappa shape index (κ2) is 8.54. The van der Waals surface area contributed by atoms with Gasteiger partial charge in [-0.15, -0.1) is 0 Å². The molecule has 0 radical (unpaired) electrons. The largest absolute Gasteiger partial charge is 0.338 e. The lowest BCUT2D eigenvalue weighted by atomic mass is 9.95. The number of nitrogens with one attached hydrogen (secondary N) is 1. The molecule has 0 bridgehead atoms. The van der Waals surface area contributed by atoms with Crippen LogP contribution in [0, 0.1) is 11.8 Å². The van der Waals surface area contributed by atoms with Crippen LogP contribution in [0.1, 0.15) is 65.4 Å². The molecule has 2 atom stereocenters. The van der Waals surface area contributed by atoms with E-state index in [1.54, 1.807) is 30.3 Å². The van der Waals surface area contributed by atoms with Crippen molar-refractivity contribution >= 4 is 11.8 Å². The molecular weight excluding hydrogens is 381 g/mol. The van der Waals surface area contributed by atoms with E-state index in [4.69, 9.17) is 0 Å². The summed E-state index contributed by atoms with van der Waals surface area (Å²) < 4.78 is 15.9. The first-order valence-corrected chi connectivity index (χ1v) is 10.8. The molecule has 158 valence electrons. The number of hydrogen-bond acceptors (Lipinski definition) is 3. The first-order chi connectivity index (χ1) is 14.5. The van der Waals surface area contributed by atoms with Crippen LogP contribution in [0.2, 0.25) is 0 Å². The molecule has 1 aromatic carbocycles. The molecule has 6 heteroatoms. The Morgan fingerprint density at radius 2 is 1.90 bits per heavy atom. The maximum Gasteiger partial charge on any atom is 0.255 e. The average molecular weight is 410 g/mol. The number of likely N-dealkylation sites (tertiary alicyclic amines) is 1. The highest BCUT2D eigenvalue weighted by Crippen LogP contribution is 2.46. The molecular formula is C24H28FN3O2. The van der Waals surface area contributed by atoms with E-state index in [2.05, 4.69) is 17.2 Å². The molecule has 1 N–H and O–H groups in total. The predicted octanol–water partition coefficient (Wildman–Crippen LogP) is 4.31. The van der Waals surface area contributed by atoms with Crippen LogP contribution < -0.4 is 5.32 Å². The predicted molar refractivity (Wildman–Crippen MR) is 113 cm³/mol. The number of pyridine rings is 1. The molecule has 5 nitrogen and oxygen atoms in total. The van der Waals surface area contributed by atoms with Crippen LogP contribution in [0.25, 0.3) is 0 Å². The Balaban J connectivity index is 1.51. The molecule has 0 spiro atoms. The lowest BCUT2D eigenvalue weighted by Gasteiger charge is -2.32. The van der Waals surface area contributed by atoms with Crippen molar-refractivity contribution in [3.05, 3.63) is 65.5 Å². The summed E-state index contributed by atoms with van der Waals surface area (Å²) in [6.45, 7) is 3.66. The van der Waals surface area contributed by atoms with E-state index in [-0.39, 0.29) is 17.5 Å². The van der Waals surface area contributed by atoms with Gasteiger partial charge in [0.1, 0.15) is 0 Å². The highest BCUT2D eigenvalue weighted by molar-refractivity contribution is 5.95. The van der Waals surface area contributed by atoms with E-state index in [1.807, 2.05) is 11.0 Å². The van der Waals surface area contributed by atoms with E-state index < -0.39 is 11.7 Å². The van der Waals surface area contributed by atoms with Gasteiger partial charge in [-0.25, -0.2) is 4.39 Å². The minimum atomic E-state index is -2.03. The number of amides is 2.